The van der Waals surface area contributed by atoms with Crippen LogP contribution in [0.2, 0.25) is 5.02 Å². The molecule has 1 aliphatic rings. The second kappa shape index (κ2) is 5.76. The maximum absolute atomic E-state index is 12.3. The molecule has 6 nitrogen and oxygen atoms in total. The predicted molar refractivity (Wildman–Crippen MR) is 73.8 cm³/mol. The van der Waals surface area contributed by atoms with E-state index >= 15 is 0 Å². The van der Waals surface area contributed by atoms with E-state index in [1.807, 2.05) is 6.92 Å². The number of nitro benzene ring substituents is 1. The van der Waals surface area contributed by atoms with Crippen molar-refractivity contribution in [3.8, 4) is 0 Å². The number of nitro groups is 1. The van der Waals surface area contributed by atoms with E-state index in [4.69, 9.17) is 11.6 Å². The summed E-state index contributed by atoms with van der Waals surface area (Å²) in [6, 6.07) is 3.90. The summed E-state index contributed by atoms with van der Waals surface area (Å²) in [6.07, 6.45) is 0.189. The van der Waals surface area contributed by atoms with Crippen LogP contribution in [0.5, 0.6) is 0 Å². The zero-order valence-electron chi connectivity index (χ0n) is 11.0. The Morgan fingerprint density at radius 1 is 1.55 bits per heavy atom. The molecule has 1 fully saturated rings. The van der Waals surface area contributed by atoms with Gasteiger partial charge in [0.15, 0.2) is 0 Å². The fraction of sp³-hybridized carbons (Fsp3) is 0.462. The normalized spacial score (nSPS) is 22.6. The molecule has 1 N–H and O–H groups in total. The molecule has 2 unspecified atom stereocenters. The van der Waals surface area contributed by atoms with Crippen molar-refractivity contribution in [2.45, 2.75) is 19.4 Å². The van der Waals surface area contributed by atoms with Crippen LogP contribution in [0.1, 0.15) is 23.7 Å². The molecule has 1 saturated heterocycles. The van der Waals surface area contributed by atoms with Crippen molar-refractivity contribution < 1.29 is 14.8 Å². The third-order valence-corrected chi connectivity index (χ3v) is 3.90. The number of amides is 1. The van der Waals surface area contributed by atoms with Crippen molar-refractivity contribution in [1.29, 1.82) is 0 Å². The van der Waals surface area contributed by atoms with Crippen LogP contribution in [-0.4, -0.2) is 40.0 Å². The van der Waals surface area contributed by atoms with E-state index in [0.717, 1.165) is 6.42 Å². The number of aliphatic hydroxyl groups excluding tert-OH is 1. The number of hydrogen-bond donors (Lipinski definition) is 1. The Bertz CT molecular complexity index is 549. The van der Waals surface area contributed by atoms with Crippen LogP contribution < -0.4 is 0 Å². The second-order valence-corrected chi connectivity index (χ2v) is 5.41. The van der Waals surface area contributed by atoms with Gasteiger partial charge in [-0.15, -0.1) is 0 Å². The molecule has 1 amide bonds. The van der Waals surface area contributed by atoms with Gasteiger partial charge in [-0.1, -0.05) is 18.5 Å². The van der Waals surface area contributed by atoms with Crippen LogP contribution in [0.4, 0.5) is 5.69 Å². The summed E-state index contributed by atoms with van der Waals surface area (Å²) in [4.78, 5) is 23.9. The minimum absolute atomic E-state index is 0.0632. The van der Waals surface area contributed by atoms with E-state index in [0.29, 0.717) is 12.1 Å². The summed E-state index contributed by atoms with van der Waals surface area (Å²) in [5, 5.41) is 20.4. The number of aliphatic hydroxyl groups is 1. The van der Waals surface area contributed by atoms with Gasteiger partial charge < -0.3 is 10.0 Å². The molecule has 1 aromatic carbocycles. The molecule has 0 saturated carbocycles. The number of hydrogen-bond acceptors (Lipinski definition) is 4. The van der Waals surface area contributed by atoms with Crippen LogP contribution in [0, 0.1) is 16.0 Å². The third-order valence-electron chi connectivity index (χ3n) is 3.60. The average Bonchev–Trinajstić information content (AvgIpc) is 2.40. The first-order valence-corrected chi connectivity index (χ1v) is 6.69. The summed E-state index contributed by atoms with van der Waals surface area (Å²) in [6.45, 7) is 2.77. The fourth-order valence-electron chi connectivity index (χ4n) is 2.20. The van der Waals surface area contributed by atoms with Gasteiger partial charge in [0.25, 0.3) is 11.6 Å². The van der Waals surface area contributed by atoms with Crippen LogP contribution in [0.25, 0.3) is 0 Å². The predicted octanol–water partition coefficient (Wildman–Crippen LogP) is 2.09. The summed E-state index contributed by atoms with van der Waals surface area (Å²) in [5.74, 6) is -0.104. The molecule has 108 valence electrons. The molecule has 20 heavy (non-hydrogen) atoms. The van der Waals surface area contributed by atoms with Crippen molar-refractivity contribution in [2.24, 2.45) is 5.92 Å². The van der Waals surface area contributed by atoms with Gasteiger partial charge in [-0.3, -0.25) is 14.9 Å². The van der Waals surface area contributed by atoms with Crippen LogP contribution in [0.3, 0.4) is 0 Å². The highest BCUT2D eigenvalue weighted by Crippen LogP contribution is 2.26. The molecule has 1 aromatic rings. The zero-order valence-corrected chi connectivity index (χ0v) is 11.7. The third kappa shape index (κ3) is 2.91. The summed E-state index contributed by atoms with van der Waals surface area (Å²) in [5.41, 5.74) is 0.0675. The lowest BCUT2D eigenvalue weighted by molar-refractivity contribution is -0.384. The second-order valence-electron chi connectivity index (χ2n) is 5.01. The van der Waals surface area contributed by atoms with Crippen LogP contribution >= 0.6 is 11.6 Å². The zero-order chi connectivity index (χ0) is 14.9. The van der Waals surface area contributed by atoms with Gasteiger partial charge in [-0.25, -0.2) is 0 Å². The average molecular weight is 299 g/mol. The number of β-amino-alcohol motifs (C(OH)–C–C–N with tert-alkyl or cyclic N) is 1. The number of benzene rings is 1. The number of halogens is 1. The molecule has 0 aromatic heterocycles. The maximum Gasteiger partial charge on any atom is 0.287 e. The minimum atomic E-state index is -0.594. The Labute approximate surface area is 121 Å². The molecule has 1 heterocycles. The fourth-order valence-corrected chi connectivity index (χ4v) is 2.45. The minimum Gasteiger partial charge on any atom is -0.391 e. The van der Waals surface area contributed by atoms with E-state index in [9.17, 15) is 20.0 Å². The molecule has 0 radical (unpaired) electrons. The molecule has 0 spiro atoms. The van der Waals surface area contributed by atoms with Gasteiger partial charge in [-0.05, 0) is 24.5 Å². The van der Waals surface area contributed by atoms with Gasteiger partial charge in [0, 0.05) is 24.7 Å². The summed E-state index contributed by atoms with van der Waals surface area (Å²) < 4.78 is 0. The SMILES string of the molecule is CC1CCN(C(=O)c2ccc([N+](=O)[O-])c(Cl)c2)CC1O. The molecule has 2 atom stereocenters. The molecule has 0 aliphatic carbocycles. The highest BCUT2D eigenvalue weighted by molar-refractivity contribution is 6.33. The lowest BCUT2D eigenvalue weighted by Gasteiger charge is -2.34. The highest BCUT2D eigenvalue weighted by atomic mass is 35.5. The maximum atomic E-state index is 12.3. The number of nitrogens with zero attached hydrogens (tertiary/aromatic N) is 2. The van der Waals surface area contributed by atoms with Gasteiger partial charge in [0.05, 0.1) is 11.0 Å². The van der Waals surface area contributed by atoms with Crippen molar-refractivity contribution in [3.63, 3.8) is 0 Å². The molecule has 1 aliphatic heterocycles. The Morgan fingerprint density at radius 3 is 2.80 bits per heavy atom. The largest absolute Gasteiger partial charge is 0.391 e. The van der Waals surface area contributed by atoms with Crippen LogP contribution in [-0.2, 0) is 0 Å². The van der Waals surface area contributed by atoms with Gasteiger partial charge in [0.1, 0.15) is 5.02 Å². The van der Waals surface area contributed by atoms with Crippen molar-refractivity contribution >= 4 is 23.2 Å². The molecule has 7 heteroatoms. The standard InChI is InChI=1S/C13H15ClN2O4/c1-8-4-5-15(7-12(8)17)13(18)9-2-3-11(16(19)20)10(14)6-9/h2-3,6,8,12,17H,4-5,7H2,1H3. The first kappa shape index (κ1) is 14.7. The lowest BCUT2D eigenvalue weighted by Crippen LogP contribution is -2.45. The smallest absolute Gasteiger partial charge is 0.287 e. The molecule has 0 bridgehead atoms. The van der Waals surface area contributed by atoms with E-state index in [1.54, 1.807) is 4.90 Å². The highest BCUT2D eigenvalue weighted by Gasteiger charge is 2.28. The number of likely N-dealkylation sites (tertiary alicyclic amines) is 1. The quantitative estimate of drug-likeness (QED) is 0.669. The van der Waals surface area contributed by atoms with Gasteiger partial charge in [-0.2, -0.15) is 0 Å². The van der Waals surface area contributed by atoms with E-state index in [2.05, 4.69) is 0 Å². The first-order valence-electron chi connectivity index (χ1n) is 6.31. The van der Waals surface area contributed by atoms with Gasteiger partial charge >= 0.3 is 0 Å². The molecule has 2 rings (SSSR count). The topological polar surface area (TPSA) is 83.7 Å². The van der Waals surface area contributed by atoms with E-state index in [1.165, 1.54) is 18.2 Å². The Kier molecular flexibility index (Phi) is 4.25. The Morgan fingerprint density at radius 2 is 2.25 bits per heavy atom. The number of carbonyl (C=O) groups is 1. The number of rotatable bonds is 2. The van der Waals surface area contributed by atoms with Crippen molar-refractivity contribution in [3.05, 3.63) is 38.9 Å². The van der Waals surface area contributed by atoms with Crippen LogP contribution in [0.15, 0.2) is 18.2 Å². The summed E-state index contributed by atoms with van der Waals surface area (Å²) in [7, 11) is 0. The Hall–Kier alpha value is -1.66. The summed E-state index contributed by atoms with van der Waals surface area (Å²) >= 11 is 5.80. The van der Waals surface area contributed by atoms with Crippen molar-refractivity contribution in [2.75, 3.05) is 13.1 Å². The monoisotopic (exact) mass is 298 g/mol. The molecular weight excluding hydrogens is 284 g/mol. The number of piperidine rings is 1. The Balaban J connectivity index is 2.17. The van der Waals surface area contributed by atoms with E-state index < -0.39 is 11.0 Å². The first-order chi connectivity index (χ1) is 9.40. The lowest BCUT2D eigenvalue weighted by atomic mass is 9.95. The molecular formula is C13H15ClN2O4. The number of carbonyl (C=O) groups excluding carboxylic acids is 1. The van der Waals surface area contributed by atoms with Crippen molar-refractivity contribution in [1.82, 2.24) is 4.90 Å². The van der Waals surface area contributed by atoms with E-state index in [-0.39, 0.29) is 29.1 Å². The van der Waals surface area contributed by atoms with Gasteiger partial charge in [0.2, 0.25) is 0 Å².